The summed E-state index contributed by atoms with van der Waals surface area (Å²) in [5, 5.41) is 9.72. The second-order valence-corrected chi connectivity index (χ2v) is 5.81. The lowest BCUT2D eigenvalue weighted by Gasteiger charge is -2.33. The minimum absolute atomic E-state index is 0.0118. The predicted molar refractivity (Wildman–Crippen MR) is 70.3 cm³/mol. The maximum atomic E-state index is 12.8. The third kappa shape index (κ3) is 2.43. The summed E-state index contributed by atoms with van der Waals surface area (Å²) < 4.78 is 38.5. The highest BCUT2D eigenvalue weighted by atomic mass is 35.5. The van der Waals surface area contributed by atoms with Crippen LogP contribution in [0, 0.1) is 18.4 Å². The van der Waals surface area contributed by atoms with Gasteiger partial charge in [0.1, 0.15) is 6.20 Å². The molecule has 112 valence electrons. The Morgan fingerprint density at radius 3 is 2.81 bits per heavy atom. The normalized spacial score (nSPS) is 29.0. The third-order valence-electron chi connectivity index (χ3n) is 4.11. The number of rotatable bonds is 2. The van der Waals surface area contributed by atoms with Crippen LogP contribution in [0.2, 0.25) is 5.02 Å². The second-order valence-electron chi connectivity index (χ2n) is 5.40. The highest BCUT2D eigenvalue weighted by Gasteiger charge is 2.60. The first-order valence-electron chi connectivity index (χ1n) is 6.37. The number of hydrogen-bond donors (Lipinski definition) is 1. The summed E-state index contributed by atoms with van der Waals surface area (Å²) in [6.45, 7) is 7.31. The first-order chi connectivity index (χ1) is 9.82. The number of halogens is 4. The van der Waals surface area contributed by atoms with Crippen LogP contribution in [-0.2, 0) is 0 Å². The number of alkyl halides is 3. The van der Waals surface area contributed by atoms with Crippen LogP contribution in [0.15, 0.2) is 12.3 Å². The highest BCUT2D eigenvalue weighted by Crippen LogP contribution is 2.53. The molecule has 1 aromatic heterocycles. The van der Waals surface area contributed by atoms with Gasteiger partial charge < -0.3 is 14.9 Å². The maximum Gasteiger partial charge on any atom is 0.416 e. The van der Waals surface area contributed by atoms with Gasteiger partial charge in [-0.2, -0.15) is 13.2 Å². The van der Waals surface area contributed by atoms with Crippen molar-refractivity contribution in [1.29, 1.82) is 0 Å². The van der Waals surface area contributed by atoms with E-state index in [1.54, 1.807) is 0 Å². The lowest BCUT2D eigenvalue weighted by Crippen LogP contribution is -2.49. The molecule has 2 fully saturated rings. The van der Waals surface area contributed by atoms with E-state index in [9.17, 15) is 18.3 Å². The number of aliphatic hydroxyl groups is 1. The maximum absolute atomic E-state index is 12.8. The van der Waals surface area contributed by atoms with Crippen molar-refractivity contribution in [2.75, 3.05) is 11.4 Å². The summed E-state index contributed by atoms with van der Waals surface area (Å²) in [6.07, 6.45) is -5.02. The van der Waals surface area contributed by atoms with Gasteiger partial charge in [-0.05, 0) is 24.3 Å². The van der Waals surface area contributed by atoms with Gasteiger partial charge >= 0.3 is 6.18 Å². The molecule has 1 aliphatic carbocycles. The van der Waals surface area contributed by atoms with Crippen LogP contribution in [0.1, 0.15) is 6.42 Å². The average Bonchev–Trinajstić information content (AvgIpc) is 3.08. The fourth-order valence-electron chi connectivity index (χ4n) is 3.04. The molecule has 0 radical (unpaired) electrons. The van der Waals surface area contributed by atoms with Gasteiger partial charge in [-0.3, -0.25) is 0 Å². The molecule has 21 heavy (non-hydrogen) atoms. The van der Waals surface area contributed by atoms with Gasteiger partial charge in [0.15, 0.2) is 6.10 Å². The van der Waals surface area contributed by atoms with Crippen LogP contribution in [0.4, 0.5) is 24.7 Å². The molecule has 8 heteroatoms. The zero-order valence-electron chi connectivity index (χ0n) is 10.7. The quantitative estimate of drug-likeness (QED) is 0.852. The summed E-state index contributed by atoms with van der Waals surface area (Å²) in [4.78, 5) is 8.46. The molecule has 1 aliphatic heterocycles. The Kier molecular flexibility index (Phi) is 3.26. The molecule has 4 atom stereocenters. The first kappa shape index (κ1) is 14.4. The number of aliphatic hydroxyl groups excluding tert-OH is 1. The number of pyridine rings is 1. The zero-order valence-corrected chi connectivity index (χ0v) is 11.4. The SMILES string of the molecule is [C-]#[N+]c1ncc(N2C[C@@H]3C[C@@H]3[C@@H]2[C@@H](O)C(F)(F)F)cc1Cl. The van der Waals surface area contributed by atoms with Crippen molar-refractivity contribution in [3.8, 4) is 0 Å². The van der Waals surface area contributed by atoms with E-state index in [-0.39, 0.29) is 22.7 Å². The zero-order chi connectivity index (χ0) is 15.4. The molecule has 3 rings (SSSR count). The number of piperidine rings is 1. The number of anilines is 1. The molecule has 0 amide bonds. The van der Waals surface area contributed by atoms with Gasteiger partial charge in [0.25, 0.3) is 5.82 Å². The van der Waals surface area contributed by atoms with E-state index in [2.05, 4.69) is 9.83 Å². The Balaban J connectivity index is 1.91. The van der Waals surface area contributed by atoms with Gasteiger partial charge in [0.2, 0.25) is 0 Å². The van der Waals surface area contributed by atoms with E-state index in [4.69, 9.17) is 18.2 Å². The molecule has 0 spiro atoms. The number of fused-ring (bicyclic) bond motifs is 1. The summed E-state index contributed by atoms with van der Waals surface area (Å²) >= 11 is 5.89. The fourth-order valence-corrected chi connectivity index (χ4v) is 3.24. The first-order valence-corrected chi connectivity index (χ1v) is 6.75. The van der Waals surface area contributed by atoms with Crippen molar-refractivity contribution in [2.24, 2.45) is 11.8 Å². The van der Waals surface area contributed by atoms with Crippen molar-refractivity contribution >= 4 is 23.1 Å². The van der Waals surface area contributed by atoms with E-state index in [1.807, 2.05) is 0 Å². The largest absolute Gasteiger partial charge is 0.416 e. The second kappa shape index (κ2) is 4.75. The standard InChI is InChI=1S/C13H11ClF3N3O/c1-18-12-9(14)3-7(4-19-12)20-5-6-2-8(6)10(20)11(21)13(15,16)17/h3-4,6,8,10-11,21H,2,5H2/t6-,8-,10+,11+/m0/s1. The lowest BCUT2D eigenvalue weighted by atomic mass is 10.1. The van der Waals surface area contributed by atoms with E-state index >= 15 is 0 Å². The van der Waals surface area contributed by atoms with E-state index in [0.717, 1.165) is 0 Å². The molecular formula is C13H11ClF3N3O. The molecule has 1 aromatic rings. The van der Waals surface area contributed by atoms with E-state index < -0.39 is 18.3 Å². The third-order valence-corrected chi connectivity index (χ3v) is 4.39. The predicted octanol–water partition coefficient (Wildman–Crippen LogP) is 3.03. The Morgan fingerprint density at radius 2 is 2.24 bits per heavy atom. The van der Waals surface area contributed by atoms with Crippen molar-refractivity contribution < 1.29 is 18.3 Å². The Morgan fingerprint density at radius 1 is 1.52 bits per heavy atom. The van der Waals surface area contributed by atoms with E-state index in [1.165, 1.54) is 17.2 Å². The summed E-state index contributed by atoms with van der Waals surface area (Å²) in [5.41, 5.74) is 0.410. The lowest BCUT2D eigenvalue weighted by molar-refractivity contribution is -0.210. The molecule has 0 bridgehead atoms. The van der Waals surface area contributed by atoms with E-state index in [0.29, 0.717) is 18.7 Å². The molecule has 0 unspecified atom stereocenters. The van der Waals surface area contributed by atoms with Gasteiger partial charge in [-0.1, -0.05) is 18.2 Å². The van der Waals surface area contributed by atoms with Gasteiger partial charge in [-0.25, -0.2) is 0 Å². The Hall–Kier alpha value is -1.52. The average molecular weight is 318 g/mol. The topological polar surface area (TPSA) is 40.7 Å². The monoisotopic (exact) mass is 317 g/mol. The van der Waals surface area contributed by atoms with Gasteiger partial charge in [0, 0.05) is 6.54 Å². The smallest absolute Gasteiger partial charge is 0.382 e. The molecule has 4 nitrogen and oxygen atoms in total. The van der Waals surface area contributed by atoms with Gasteiger partial charge in [-0.15, -0.1) is 4.98 Å². The number of aromatic nitrogens is 1. The van der Waals surface area contributed by atoms with Crippen LogP contribution in [-0.4, -0.2) is 35.0 Å². The molecule has 2 aliphatic rings. The molecule has 1 saturated heterocycles. The van der Waals surface area contributed by atoms with Crippen LogP contribution in [0.3, 0.4) is 0 Å². The number of hydrogen-bond acceptors (Lipinski definition) is 3. The van der Waals surface area contributed by atoms with Crippen LogP contribution in [0.5, 0.6) is 0 Å². The Labute approximate surface area is 124 Å². The van der Waals surface area contributed by atoms with Crippen LogP contribution < -0.4 is 4.90 Å². The molecule has 1 saturated carbocycles. The molecule has 0 aromatic carbocycles. The molecule has 2 heterocycles. The molecular weight excluding hydrogens is 307 g/mol. The summed E-state index contributed by atoms with van der Waals surface area (Å²) in [7, 11) is 0. The summed E-state index contributed by atoms with van der Waals surface area (Å²) in [6, 6.07) is 0.426. The van der Waals surface area contributed by atoms with Crippen molar-refractivity contribution in [2.45, 2.75) is 24.7 Å². The van der Waals surface area contributed by atoms with Crippen molar-refractivity contribution in [3.05, 3.63) is 28.7 Å². The fraction of sp³-hybridized carbons (Fsp3) is 0.538. The van der Waals surface area contributed by atoms with Crippen molar-refractivity contribution in [3.63, 3.8) is 0 Å². The van der Waals surface area contributed by atoms with Crippen LogP contribution in [0.25, 0.3) is 4.85 Å². The highest BCUT2D eigenvalue weighted by molar-refractivity contribution is 6.33. The molecule has 1 N–H and O–H groups in total. The Bertz CT molecular complexity index is 616. The van der Waals surface area contributed by atoms with Gasteiger partial charge in [0.05, 0.1) is 16.8 Å². The number of nitrogens with zero attached hydrogens (tertiary/aromatic N) is 3. The van der Waals surface area contributed by atoms with Crippen LogP contribution >= 0.6 is 11.6 Å². The minimum Gasteiger partial charge on any atom is -0.382 e. The van der Waals surface area contributed by atoms with Crippen molar-refractivity contribution in [1.82, 2.24) is 4.98 Å². The minimum atomic E-state index is -4.66. The summed E-state index contributed by atoms with van der Waals surface area (Å²) in [5.74, 6) is 0.0324.